The molecule has 4 heteroatoms. The van der Waals surface area contributed by atoms with Crippen LogP contribution in [-0.4, -0.2) is 22.3 Å². The van der Waals surface area contributed by atoms with Crippen molar-refractivity contribution in [2.45, 2.75) is 30.7 Å². The van der Waals surface area contributed by atoms with Crippen molar-refractivity contribution >= 4 is 17.7 Å². The van der Waals surface area contributed by atoms with E-state index in [2.05, 4.69) is 22.2 Å². The monoisotopic (exact) mass is 209 g/mol. The average Bonchev–Trinajstić information content (AvgIpc) is 2.17. The molecule has 0 radical (unpaired) electrons. The van der Waals surface area contributed by atoms with Crippen LogP contribution in [0.4, 0.5) is 5.95 Å². The molecule has 3 nitrogen and oxygen atoms in total. The highest BCUT2D eigenvalue weighted by atomic mass is 32.2. The summed E-state index contributed by atoms with van der Waals surface area (Å²) in [5.41, 5.74) is 0. The van der Waals surface area contributed by atoms with Crippen molar-refractivity contribution in [2.75, 3.05) is 11.6 Å². The lowest BCUT2D eigenvalue weighted by atomic mass is 9.82. The zero-order chi connectivity index (χ0) is 9.97. The predicted molar refractivity (Wildman–Crippen MR) is 59.6 cm³/mol. The highest BCUT2D eigenvalue weighted by Gasteiger charge is 2.25. The Bertz CT molecular complexity index is 293. The summed E-state index contributed by atoms with van der Waals surface area (Å²) in [5.74, 6) is 1.62. The Morgan fingerprint density at radius 2 is 2.00 bits per heavy atom. The topological polar surface area (TPSA) is 37.8 Å². The van der Waals surface area contributed by atoms with Crippen molar-refractivity contribution < 1.29 is 0 Å². The third-order valence-corrected chi connectivity index (χ3v) is 3.25. The van der Waals surface area contributed by atoms with Crippen molar-refractivity contribution in [3.05, 3.63) is 12.4 Å². The normalized spacial score (nSPS) is 25.6. The second kappa shape index (κ2) is 4.17. The number of hydrogen-bond acceptors (Lipinski definition) is 4. The predicted octanol–water partition coefficient (Wildman–Crippen LogP) is 2.41. The van der Waals surface area contributed by atoms with Gasteiger partial charge in [-0.05, 0) is 25.0 Å². The Morgan fingerprint density at radius 1 is 1.36 bits per heavy atom. The van der Waals surface area contributed by atoms with Crippen molar-refractivity contribution in [1.82, 2.24) is 9.97 Å². The number of aromatic nitrogens is 2. The van der Waals surface area contributed by atoms with Gasteiger partial charge in [-0.1, -0.05) is 6.92 Å². The molecule has 2 rings (SSSR count). The number of thioether (sulfide) groups is 1. The van der Waals surface area contributed by atoms with Crippen LogP contribution in [0.1, 0.15) is 19.8 Å². The van der Waals surface area contributed by atoms with E-state index in [1.54, 1.807) is 11.8 Å². The van der Waals surface area contributed by atoms with E-state index in [0.29, 0.717) is 6.04 Å². The molecule has 14 heavy (non-hydrogen) atoms. The summed E-state index contributed by atoms with van der Waals surface area (Å²) in [7, 11) is 0. The van der Waals surface area contributed by atoms with Gasteiger partial charge in [0.1, 0.15) is 0 Å². The van der Waals surface area contributed by atoms with Gasteiger partial charge in [-0.15, -0.1) is 11.8 Å². The van der Waals surface area contributed by atoms with Gasteiger partial charge in [0.05, 0.1) is 0 Å². The van der Waals surface area contributed by atoms with Crippen LogP contribution in [0.25, 0.3) is 0 Å². The minimum absolute atomic E-state index is 0.588. The summed E-state index contributed by atoms with van der Waals surface area (Å²) >= 11 is 1.66. The molecule has 0 amide bonds. The van der Waals surface area contributed by atoms with E-state index in [1.807, 2.05) is 18.6 Å². The van der Waals surface area contributed by atoms with Gasteiger partial charge in [-0.25, -0.2) is 9.97 Å². The first-order valence-electron chi connectivity index (χ1n) is 4.90. The first-order chi connectivity index (χ1) is 6.78. The van der Waals surface area contributed by atoms with Gasteiger partial charge in [-0.3, -0.25) is 0 Å². The molecule has 1 aromatic rings. The SMILES string of the molecule is CSc1cnc(NC2CC(C)C2)nc1. The van der Waals surface area contributed by atoms with Crippen molar-refractivity contribution in [3.8, 4) is 0 Å². The average molecular weight is 209 g/mol. The second-order valence-electron chi connectivity index (χ2n) is 3.86. The number of hydrogen-bond donors (Lipinski definition) is 1. The lowest BCUT2D eigenvalue weighted by molar-refractivity contribution is 0.308. The summed E-state index contributed by atoms with van der Waals surface area (Å²) < 4.78 is 0. The lowest BCUT2D eigenvalue weighted by Crippen LogP contribution is -2.34. The van der Waals surface area contributed by atoms with Gasteiger partial charge in [0.15, 0.2) is 0 Å². The smallest absolute Gasteiger partial charge is 0.222 e. The number of nitrogens with one attached hydrogen (secondary N) is 1. The molecule has 76 valence electrons. The van der Waals surface area contributed by atoms with Crippen LogP contribution in [-0.2, 0) is 0 Å². The van der Waals surface area contributed by atoms with Crippen LogP contribution < -0.4 is 5.32 Å². The summed E-state index contributed by atoms with van der Waals surface area (Å²) in [6.07, 6.45) is 8.24. The van der Waals surface area contributed by atoms with E-state index in [-0.39, 0.29) is 0 Å². The summed E-state index contributed by atoms with van der Waals surface area (Å²) in [6, 6.07) is 0.588. The van der Waals surface area contributed by atoms with Gasteiger partial charge in [0.25, 0.3) is 0 Å². The molecule has 0 unspecified atom stereocenters. The Morgan fingerprint density at radius 3 is 2.50 bits per heavy atom. The molecule has 1 N–H and O–H groups in total. The third-order valence-electron chi connectivity index (χ3n) is 2.57. The highest BCUT2D eigenvalue weighted by molar-refractivity contribution is 7.98. The minimum atomic E-state index is 0.588. The first kappa shape index (κ1) is 9.77. The molecule has 0 saturated heterocycles. The van der Waals surface area contributed by atoms with Crippen LogP contribution in [0.2, 0.25) is 0 Å². The maximum Gasteiger partial charge on any atom is 0.222 e. The number of nitrogens with zero attached hydrogens (tertiary/aromatic N) is 2. The van der Waals surface area contributed by atoms with Crippen molar-refractivity contribution in [3.63, 3.8) is 0 Å². The summed E-state index contributed by atoms with van der Waals surface area (Å²) in [4.78, 5) is 9.62. The molecule has 0 bridgehead atoms. The van der Waals surface area contributed by atoms with Gasteiger partial charge in [0, 0.05) is 23.3 Å². The van der Waals surface area contributed by atoms with E-state index < -0.39 is 0 Å². The van der Waals surface area contributed by atoms with Gasteiger partial charge in [-0.2, -0.15) is 0 Å². The fraction of sp³-hybridized carbons (Fsp3) is 0.600. The molecular weight excluding hydrogens is 194 g/mol. The Balaban J connectivity index is 1.90. The fourth-order valence-electron chi connectivity index (χ4n) is 1.70. The van der Waals surface area contributed by atoms with Gasteiger partial charge >= 0.3 is 0 Å². The molecular formula is C10H15N3S. The third kappa shape index (κ3) is 2.18. The standard InChI is InChI=1S/C10H15N3S/c1-7-3-8(4-7)13-10-11-5-9(14-2)6-12-10/h5-8H,3-4H2,1-2H3,(H,11,12,13). The molecule has 1 aliphatic rings. The molecule has 1 saturated carbocycles. The fourth-order valence-corrected chi connectivity index (χ4v) is 2.02. The number of rotatable bonds is 3. The summed E-state index contributed by atoms with van der Waals surface area (Å²) in [6.45, 7) is 2.27. The van der Waals surface area contributed by atoms with E-state index in [0.717, 1.165) is 16.8 Å². The largest absolute Gasteiger partial charge is 0.351 e. The van der Waals surface area contributed by atoms with E-state index in [1.165, 1.54) is 12.8 Å². The number of anilines is 1. The van der Waals surface area contributed by atoms with Gasteiger partial charge < -0.3 is 5.32 Å². The van der Waals surface area contributed by atoms with E-state index in [4.69, 9.17) is 0 Å². The molecule has 0 atom stereocenters. The quantitative estimate of drug-likeness (QED) is 0.776. The van der Waals surface area contributed by atoms with Crippen LogP contribution >= 0.6 is 11.8 Å². The summed E-state index contributed by atoms with van der Waals surface area (Å²) in [5, 5.41) is 3.33. The maximum atomic E-state index is 4.25. The molecule has 0 spiro atoms. The van der Waals surface area contributed by atoms with Crippen molar-refractivity contribution in [2.24, 2.45) is 5.92 Å². The Hall–Kier alpha value is -0.770. The molecule has 1 heterocycles. The molecule has 1 fully saturated rings. The molecule has 0 aliphatic heterocycles. The Kier molecular flexibility index (Phi) is 2.91. The molecule has 0 aromatic carbocycles. The van der Waals surface area contributed by atoms with Crippen LogP contribution in [0.15, 0.2) is 17.3 Å². The molecule has 1 aromatic heterocycles. The van der Waals surface area contributed by atoms with E-state index >= 15 is 0 Å². The minimum Gasteiger partial charge on any atom is -0.351 e. The zero-order valence-corrected chi connectivity index (χ0v) is 9.34. The van der Waals surface area contributed by atoms with Gasteiger partial charge in [0.2, 0.25) is 5.95 Å². The van der Waals surface area contributed by atoms with Crippen LogP contribution in [0, 0.1) is 5.92 Å². The first-order valence-corrected chi connectivity index (χ1v) is 6.13. The maximum absolute atomic E-state index is 4.25. The highest BCUT2D eigenvalue weighted by Crippen LogP contribution is 2.28. The van der Waals surface area contributed by atoms with Crippen LogP contribution in [0.3, 0.4) is 0 Å². The van der Waals surface area contributed by atoms with Crippen molar-refractivity contribution in [1.29, 1.82) is 0 Å². The second-order valence-corrected chi connectivity index (χ2v) is 4.74. The lowest BCUT2D eigenvalue weighted by Gasteiger charge is -2.33. The van der Waals surface area contributed by atoms with Crippen LogP contribution in [0.5, 0.6) is 0 Å². The zero-order valence-electron chi connectivity index (χ0n) is 8.53. The molecule has 1 aliphatic carbocycles. The Labute approximate surface area is 88.7 Å². The van der Waals surface area contributed by atoms with E-state index in [9.17, 15) is 0 Å².